The molecule has 1 heterocycles. The molecule has 0 unspecified atom stereocenters. The van der Waals surface area contributed by atoms with Crippen molar-refractivity contribution in [3.63, 3.8) is 0 Å². The molecule has 0 saturated carbocycles. The van der Waals surface area contributed by atoms with E-state index in [1.807, 2.05) is 19.0 Å². The first-order valence-corrected chi connectivity index (χ1v) is 8.21. The molecule has 1 aromatic carbocycles. The minimum atomic E-state index is 0.130. The van der Waals surface area contributed by atoms with E-state index in [2.05, 4.69) is 52.0 Å². The smallest absolute Gasteiger partial charge is 0.319 e. The molecule has 3 nitrogen and oxygen atoms in total. The molecule has 0 aliphatic carbocycles. The molecule has 0 radical (unpaired) electrons. The number of likely N-dealkylation sites (tertiary alicyclic amines) is 1. The zero-order chi connectivity index (χ0) is 16.5. The molecule has 0 aromatic heterocycles. The van der Waals surface area contributed by atoms with E-state index in [1.54, 1.807) is 4.90 Å². The lowest BCUT2D eigenvalue weighted by Gasteiger charge is -2.40. The molecule has 3 heteroatoms. The molecule has 1 aliphatic rings. The fourth-order valence-corrected chi connectivity index (χ4v) is 3.14. The van der Waals surface area contributed by atoms with Crippen LogP contribution in [0.5, 0.6) is 0 Å². The maximum atomic E-state index is 12.1. The van der Waals surface area contributed by atoms with E-state index in [0.717, 1.165) is 25.9 Å². The van der Waals surface area contributed by atoms with E-state index >= 15 is 0 Å². The number of amides is 2. The minimum Gasteiger partial charge on any atom is -0.331 e. The van der Waals surface area contributed by atoms with E-state index in [9.17, 15) is 4.79 Å². The number of piperidine rings is 1. The Kier molecular flexibility index (Phi) is 4.55. The van der Waals surface area contributed by atoms with Crippen LogP contribution in [0.1, 0.15) is 51.7 Å². The quantitative estimate of drug-likeness (QED) is 0.768. The summed E-state index contributed by atoms with van der Waals surface area (Å²) < 4.78 is 0. The van der Waals surface area contributed by atoms with Crippen molar-refractivity contribution in [2.45, 2.75) is 51.4 Å². The monoisotopic (exact) mass is 302 g/mol. The summed E-state index contributed by atoms with van der Waals surface area (Å²) in [7, 11) is 3.64. The van der Waals surface area contributed by atoms with Crippen molar-refractivity contribution in [3.05, 3.63) is 35.4 Å². The van der Waals surface area contributed by atoms with E-state index in [0.29, 0.717) is 0 Å². The van der Waals surface area contributed by atoms with Gasteiger partial charge in [0.15, 0.2) is 0 Å². The SMILES string of the molecule is CN(C)C(=O)N1CCC(C)(c2ccc(C(C)(C)C)cc2)CC1. The Morgan fingerprint density at radius 3 is 2.00 bits per heavy atom. The number of hydrogen-bond donors (Lipinski definition) is 0. The summed E-state index contributed by atoms with van der Waals surface area (Å²) in [5, 5.41) is 0. The van der Waals surface area contributed by atoms with Crippen molar-refractivity contribution >= 4 is 6.03 Å². The van der Waals surface area contributed by atoms with Gasteiger partial charge < -0.3 is 9.80 Å². The fourth-order valence-electron chi connectivity index (χ4n) is 3.14. The van der Waals surface area contributed by atoms with E-state index in [1.165, 1.54) is 11.1 Å². The molecule has 0 N–H and O–H groups in total. The molecule has 0 atom stereocenters. The van der Waals surface area contributed by atoms with Gasteiger partial charge in [-0.3, -0.25) is 0 Å². The highest BCUT2D eigenvalue weighted by molar-refractivity contribution is 5.74. The van der Waals surface area contributed by atoms with E-state index in [4.69, 9.17) is 0 Å². The molecule has 1 aliphatic heterocycles. The van der Waals surface area contributed by atoms with Gasteiger partial charge in [0.05, 0.1) is 0 Å². The summed E-state index contributed by atoms with van der Waals surface area (Å²) in [6.45, 7) is 10.7. The average molecular weight is 302 g/mol. The van der Waals surface area contributed by atoms with Gasteiger partial charge in [0.2, 0.25) is 0 Å². The first-order valence-electron chi connectivity index (χ1n) is 8.21. The van der Waals surface area contributed by atoms with Gasteiger partial charge in [0.1, 0.15) is 0 Å². The zero-order valence-electron chi connectivity index (χ0n) is 14.9. The van der Waals surface area contributed by atoms with Crippen LogP contribution in [0.15, 0.2) is 24.3 Å². The zero-order valence-corrected chi connectivity index (χ0v) is 14.9. The molecule has 1 fully saturated rings. The molecule has 122 valence electrons. The standard InChI is InChI=1S/C19H30N2O/c1-18(2,3)15-7-9-16(10-8-15)19(4)11-13-21(14-12-19)17(22)20(5)6/h7-10H,11-14H2,1-6H3. The summed E-state index contributed by atoms with van der Waals surface area (Å²) in [4.78, 5) is 15.7. The summed E-state index contributed by atoms with van der Waals surface area (Å²) in [6.07, 6.45) is 2.06. The minimum absolute atomic E-state index is 0.130. The number of rotatable bonds is 1. The Morgan fingerprint density at radius 2 is 1.59 bits per heavy atom. The third-order valence-electron chi connectivity index (χ3n) is 4.97. The second kappa shape index (κ2) is 5.94. The van der Waals surface area contributed by atoms with Crippen molar-refractivity contribution in [2.75, 3.05) is 27.2 Å². The predicted molar refractivity (Wildman–Crippen MR) is 92.4 cm³/mol. The molecule has 2 amide bonds. The number of nitrogens with zero attached hydrogens (tertiary/aromatic N) is 2. The second-order valence-electron chi connectivity index (χ2n) is 8.05. The topological polar surface area (TPSA) is 23.6 Å². The summed E-state index contributed by atoms with van der Waals surface area (Å²) in [6, 6.07) is 9.22. The van der Waals surface area contributed by atoms with Crippen molar-refractivity contribution < 1.29 is 4.79 Å². The molecule has 1 aromatic rings. The second-order valence-corrected chi connectivity index (χ2v) is 8.05. The van der Waals surface area contributed by atoms with Crippen LogP contribution < -0.4 is 0 Å². The van der Waals surface area contributed by atoms with Gasteiger partial charge >= 0.3 is 6.03 Å². The average Bonchev–Trinajstić information content (AvgIpc) is 2.46. The van der Waals surface area contributed by atoms with Gasteiger partial charge in [-0.25, -0.2) is 4.79 Å². The van der Waals surface area contributed by atoms with Crippen molar-refractivity contribution in [3.8, 4) is 0 Å². The van der Waals surface area contributed by atoms with Crippen molar-refractivity contribution in [1.82, 2.24) is 9.80 Å². The first-order chi connectivity index (χ1) is 10.1. The molecular weight excluding hydrogens is 272 g/mol. The van der Waals surface area contributed by atoms with Crippen LogP contribution in [0.4, 0.5) is 4.79 Å². The van der Waals surface area contributed by atoms with Crippen LogP contribution in [0.3, 0.4) is 0 Å². The Balaban J connectivity index is 2.09. The summed E-state index contributed by atoms with van der Waals surface area (Å²) in [5.41, 5.74) is 3.15. The van der Waals surface area contributed by atoms with Crippen LogP contribution >= 0.6 is 0 Å². The van der Waals surface area contributed by atoms with Gasteiger partial charge in [-0.2, -0.15) is 0 Å². The number of urea groups is 1. The van der Waals surface area contributed by atoms with Crippen LogP contribution in [-0.4, -0.2) is 43.0 Å². The van der Waals surface area contributed by atoms with Gasteiger partial charge in [-0.15, -0.1) is 0 Å². The highest BCUT2D eigenvalue weighted by Gasteiger charge is 2.33. The van der Waals surface area contributed by atoms with Crippen LogP contribution in [0.2, 0.25) is 0 Å². The van der Waals surface area contributed by atoms with Gasteiger partial charge in [-0.05, 0) is 34.8 Å². The lowest BCUT2D eigenvalue weighted by atomic mass is 9.73. The van der Waals surface area contributed by atoms with E-state index < -0.39 is 0 Å². The van der Waals surface area contributed by atoms with Crippen molar-refractivity contribution in [2.24, 2.45) is 0 Å². The lowest BCUT2D eigenvalue weighted by molar-refractivity contribution is 0.141. The van der Waals surface area contributed by atoms with Crippen LogP contribution in [0, 0.1) is 0 Å². The number of hydrogen-bond acceptors (Lipinski definition) is 1. The maximum absolute atomic E-state index is 12.1. The molecular formula is C19H30N2O. The highest BCUT2D eigenvalue weighted by Crippen LogP contribution is 2.36. The third kappa shape index (κ3) is 3.45. The summed E-state index contributed by atoms with van der Waals surface area (Å²) >= 11 is 0. The Bertz CT molecular complexity index is 517. The number of benzene rings is 1. The number of carbonyl (C=O) groups excluding carboxylic acids is 1. The molecule has 0 bridgehead atoms. The third-order valence-corrected chi connectivity index (χ3v) is 4.97. The first kappa shape index (κ1) is 16.9. The van der Waals surface area contributed by atoms with Gasteiger partial charge in [-0.1, -0.05) is 52.0 Å². The molecule has 1 saturated heterocycles. The molecule has 2 rings (SSSR count). The molecule has 22 heavy (non-hydrogen) atoms. The Labute approximate surface area is 135 Å². The van der Waals surface area contributed by atoms with Crippen LogP contribution in [0.25, 0.3) is 0 Å². The van der Waals surface area contributed by atoms with Crippen molar-refractivity contribution in [1.29, 1.82) is 0 Å². The Hall–Kier alpha value is -1.51. The molecule has 0 spiro atoms. The lowest BCUT2D eigenvalue weighted by Crippen LogP contribution is -2.47. The highest BCUT2D eigenvalue weighted by atomic mass is 16.2. The van der Waals surface area contributed by atoms with Gasteiger partial charge in [0, 0.05) is 27.2 Å². The maximum Gasteiger partial charge on any atom is 0.319 e. The predicted octanol–water partition coefficient (Wildman–Crippen LogP) is 4.02. The van der Waals surface area contributed by atoms with Crippen LogP contribution in [-0.2, 0) is 10.8 Å². The summed E-state index contributed by atoms with van der Waals surface area (Å²) in [5.74, 6) is 0. The van der Waals surface area contributed by atoms with Gasteiger partial charge in [0.25, 0.3) is 0 Å². The normalized spacial score (nSPS) is 18.2. The van der Waals surface area contributed by atoms with E-state index in [-0.39, 0.29) is 16.9 Å². The Morgan fingerprint density at radius 1 is 1.09 bits per heavy atom. The fraction of sp³-hybridized carbons (Fsp3) is 0.632. The number of carbonyl (C=O) groups is 1. The largest absolute Gasteiger partial charge is 0.331 e.